The Bertz CT molecular complexity index is 456. The van der Waals surface area contributed by atoms with Crippen molar-refractivity contribution in [3.63, 3.8) is 0 Å². The fourth-order valence-electron chi connectivity index (χ4n) is 1.39. The second-order valence-electron chi connectivity index (χ2n) is 3.78. The van der Waals surface area contributed by atoms with Crippen molar-refractivity contribution in [3.8, 4) is 0 Å². The number of carbonyl (C=O) groups excluding carboxylic acids is 2. The lowest BCUT2D eigenvalue weighted by Gasteiger charge is -2.06. The van der Waals surface area contributed by atoms with Gasteiger partial charge in [-0.15, -0.1) is 0 Å². The van der Waals surface area contributed by atoms with E-state index >= 15 is 0 Å². The number of benzene rings is 1. The van der Waals surface area contributed by atoms with E-state index in [-0.39, 0.29) is 25.3 Å². The number of hydrogen-bond donors (Lipinski definition) is 2. The number of nitrogens with one attached hydrogen (secondary N) is 1. The summed E-state index contributed by atoms with van der Waals surface area (Å²) in [4.78, 5) is 31.7. The molecular formula is C13H15NO6. The van der Waals surface area contributed by atoms with Crippen LogP contribution in [0.5, 0.6) is 0 Å². The van der Waals surface area contributed by atoms with Crippen LogP contribution in [-0.2, 0) is 20.7 Å². The first kappa shape index (κ1) is 15.5. The van der Waals surface area contributed by atoms with Gasteiger partial charge in [0.2, 0.25) is 0 Å². The number of carboxylic acid groups (broad SMARTS) is 1. The Morgan fingerprint density at radius 3 is 2.50 bits per heavy atom. The molecule has 0 heterocycles. The normalized spacial score (nSPS) is 9.60. The highest BCUT2D eigenvalue weighted by molar-refractivity contribution is 5.87. The topological polar surface area (TPSA) is 102 Å². The molecule has 0 saturated carbocycles. The summed E-state index contributed by atoms with van der Waals surface area (Å²) in [5, 5.41) is 11.1. The summed E-state index contributed by atoms with van der Waals surface area (Å²) >= 11 is 0. The van der Waals surface area contributed by atoms with Crippen LogP contribution in [0.25, 0.3) is 0 Å². The van der Waals surface area contributed by atoms with Crippen molar-refractivity contribution in [2.24, 2.45) is 0 Å². The van der Waals surface area contributed by atoms with Crippen LogP contribution in [0.4, 0.5) is 4.79 Å². The number of alkyl carbamates (subject to hydrolysis) is 1. The maximum atomic E-state index is 11.2. The minimum absolute atomic E-state index is 0.0925. The Hall–Kier alpha value is -2.57. The van der Waals surface area contributed by atoms with Crippen molar-refractivity contribution in [1.29, 1.82) is 0 Å². The maximum Gasteiger partial charge on any atom is 0.407 e. The fraction of sp³-hybridized carbons (Fsp3) is 0.308. The third-order valence-corrected chi connectivity index (χ3v) is 2.38. The Morgan fingerprint density at radius 1 is 1.20 bits per heavy atom. The third kappa shape index (κ3) is 5.85. The molecule has 0 aromatic heterocycles. The van der Waals surface area contributed by atoms with Gasteiger partial charge in [0.05, 0.1) is 18.7 Å². The van der Waals surface area contributed by atoms with Crippen molar-refractivity contribution in [1.82, 2.24) is 5.32 Å². The zero-order valence-electron chi connectivity index (χ0n) is 10.7. The van der Waals surface area contributed by atoms with E-state index in [0.29, 0.717) is 12.9 Å². The van der Waals surface area contributed by atoms with E-state index in [1.165, 1.54) is 12.1 Å². The first-order valence-electron chi connectivity index (χ1n) is 5.91. The van der Waals surface area contributed by atoms with Crippen LogP contribution in [0.15, 0.2) is 24.3 Å². The number of hydrogen-bond acceptors (Lipinski definition) is 5. The quantitative estimate of drug-likeness (QED) is 0.540. The number of rotatable bonds is 8. The van der Waals surface area contributed by atoms with Gasteiger partial charge in [0.25, 0.3) is 6.47 Å². The number of carbonyl (C=O) groups is 3. The Kier molecular flexibility index (Phi) is 6.60. The van der Waals surface area contributed by atoms with Crippen LogP contribution in [0.3, 0.4) is 0 Å². The summed E-state index contributed by atoms with van der Waals surface area (Å²) in [7, 11) is 0. The molecule has 0 unspecified atom stereocenters. The molecular weight excluding hydrogens is 266 g/mol. The molecule has 0 aliphatic rings. The molecule has 1 aromatic rings. The molecule has 2 N–H and O–H groups in total. The standard InChI is InChI=1S/C13H15NO6/c15-9-19-8-6-14-13(18)20-7-5-10-1-3-11(4-2-10)12(16)17/h1-4,9H,5-8H2,(H,14,18)(H,16,17). The van der Waals surface area contributed by atoms with Crippen LogP contribution in [0.2, 0.25) is 0 Å². The summed E-state index contributed by atoms with van der Waals surface area (Å²) in [5.74, 6) is -0.982. The van der Waals surface area contributed by atoms with E-state index in [0.717, 1.165) is 5.56 Å². The molecule has 0 saturated heterocycles. The van der Waals surface area contributed by atoms with E-state index in [2.05, 4.69) is 10.1 Å². The molecule has 0 spiro atoms. The van der Waals surface area contributed by atoms with Crippen molar-refractivity contribution in [3.05, 3.63) is 35.4 Å². The van der Waals surface area contributed by atoms with Gasteiger partial charge in [-0.3, -0.25) is 4.79 Å². The van der Waals surface area contributed by atoms with Crippen LogP contribution in [-0.4, -0.2) is 43.4 Å². The highest BCUT2D eigenvalue weighted by atomic mass is 16.5. The van der Waals surface area contributed by atoms with Gasteiger partial charge < -0.3 is 19.9 Å². The SMILES string of the molecule is O=COCCNC(=O)OCCc1ccc(C(=O)O)cc1. The average Bonchev–Trinajstić information content (AvgIpc) is 2.44. The molecule has 0 aliphatic carbocycles. The summed E-state index contributed by atoms with van der Waals surface area (Å²) in [6, 6.07) is 6.33. The van der Waals surface area contributed by atoms with E-state index in [4.69, 9.17) is 9.84 Å². The summed E-state index contributed by atoms with van der Waals surface area (Å²) < 4.78 is 9.28. The first-order valence-corrected chi connectivity index (χ1v) is 5.91. The molecule has 0 aliphatic heterocycles. The highest BCUT2D eigenvalue weighted by Crippen LogP contribution is 2.05. The van der Waals surface area contributed by atoms with Crippen molar-refractivity contribution >= 4 is 18.5 Å². The minimum Gasteiger partial charge on any atom is -0.478 e. The van der Waals surface area contributed by atoms with Crippen LogP contribution in [0.1, 0.15) is 15.9 Å². The van der Waals surface area contributed by atoms with Crippen LogP contribution in [0, 0.1) is 0 Å². The summed E-state index contributed by atoms with van der Waals surface area (Å²) in [6.45, 7) is 0.751. The molecule has 0 bridgehead atoms. The van der Waals surface area contributed by atoms with Crippen molar-refractivity contribution in [2.45, 2.75) is 6.42 Å². The summed E-state index contributed by atoms with van der Waals surface area (Å²) in [5.41, 5.74) is 1.08. The monoisotopic (exact) mass is 281 g/mol. The molecule has 1 rings (SSSR count). The van der Waals surface area contributed by atoms with E-state index in [1.54, 1.807) is 12.1 Å². The first-order chi connectivity index (χ1) is 9.63. The average molecular weight is 281 g/mol. The summed E-state index contributed by atoms with van der Waals surface area (Å²) in [6.07, 6.45) is -0.111. The van der Waals surface area contributed by atoms with Gasteiger partial charge in [-0.05, 0) is 17.7 Å². The smallest absolute Gasteiger partial charge is 0.407 e. The largest absolute Gasteiger partial charge is 0.478 e. The lowest BCUT2D eigenvalue weighted by atomic mass is 10.1. The molecule has 0 fully saturated rings. The van der Waals surface area contributed by atoms with Crippen LogP contribution >= 0.6 is 0 Å². The Labute approximate surface area is 115 Å². The van der Waals surface area contributed by atoms with Crippen LogP contribution < -0.4 is 5.32 Å². The van der Waals surface area contributed by atoms with Crippen molar-refractivity contribution in [2.75, 3.05) is 19.8 Å². The zero-order chi connectivity index (χ0) is 14.8. The van der Waals surface area contributed by atoms with E-state index in [9.17, 15) is 14.4 Å². The van der Waals surface area contributed by atoms with Gasteiger partial charge in [0.15, 0.2) is 0 Å². The van der Waals surface area contributed by atoms with Gasteiger partial charge in [0.1, 0.15) is 6.61 Å². The minimum atomic E-state index is -0.982. The number of carboxylic acids is 1. The zero-order valence-corrected chi connectivity index (χ0v) is 10.7. The van der Waals surface area contributed by atoms with E-state index < -0.39 is 12.1 Å². The molecule has 1 amide bonds. The Balaban J connectivity index is 2.21. The molecule has 1 aromatic carbocycles. The van der Waals surface area contributed by atoms with Gasteiger partial charge >= 0.3 is 12.1 Å². The second-order valence-corrected chi connectivity index (χ2v) is 3.78. The van der Waals surface area contributed by atoms with Crippen molar-refractivity contribution < 1.29 is 29.0 Å². The molecule has 7 nitrogen and oxygen atoms in total. The van der Waals surface area contributed by atoms with Gasteiger partial charge in [-0.25, -0.2) is 9.59 Å². The fourth-order valence-corrected chi connectivity index (χ4v) is 1.39. The third-order valence-electron chi connectivity index (χ3n) is 2.38. The number of ether oxygens (including phenoxy) is 2. The van der Waals surface area contributed by atoms with Gasteiger partial charge in [0, 0.05) is 6.42 Å². The highest BCUT2D eigenvalue weighted by Gasteiger charge is 2.03. The molecule has 7 heteroatoms. The number of aromatic carboxylic acids is 1. The molecule has 0 radical (unpaired) electrons. The van der Waals surface area contributed by atoms with Gasteiger partial charge in [-0.1, -0.05) is 12.1 Å². The maximum absolute atomic E-state index is 11.2. The van der Waals surface area contributed by atoms with Gasteiger partial charge in [-0.2, -0.15) is 0 Å². The molecule has 108 valence electrons. The second kappa shape index (κ2) is 8.52. The van der Waals surface area contributed by atoms with E-state index in [1.807, 2.05) is 0 Å². The number of amides is 1. The Morgan fingerprint density at radius 2 is 1.90 bits per heavy atom. The lowest BCUT2D eigenvalue weighted by molar-refractivity contribution is -0.128. The molecule has 20 heavy (non-hydrogen) atoms. The predicted molar refractivity (Wildman–Crippen MR) is 68.5 cm³/mol. The predicted octanol–water partition coefficient (Wildman–Crippen LogP) is 0.827. The molecule has 0 atom stereocenters. The lowest BCUT2D eigenvalue weighted by Crippen LogP contribution is -2.28.